The second-order valence-corrected chi connectivity index (χ2v) is 7.23. The predicted octanol–water partition coefficient (Wildman–Crippen LogP) is 1.22. The fourth-order valence-corrected chi connectivity index (χ4v) is 2.27. The van der Waals surface area contributed by atoms with Crippen LogP contribution in [0.4, 0.5) is 0 Å². The Kier molecular flexibility index (Phi) is 5.98. The highest BCUT2D eigenvalue weighted by molar-refractivity contribution is 7.90. The van der Waals surface area contributed by atoms with Crippen LogP contribution < -0.4 is 10.1 Å². The van der Waals surface area contributed by atoms with Crippen LogP contribution in [-0.4, -0.2) is 45.1 Å². The van der Waals surface area contributed by atoms with Crippen molar-refractivity contribution in [2.24, 2.45) is 0 Å². The number of nitrogens with one attached hydrogen (secondary N) is 1. The van der Waals surface area contributed by atoms with Crippen molar-refractivity contribution in [1.29, 1.82) is 0 Å². The van der Waals surface area contributed by atoms with Crippen molar-refractivity contribution in [3.8, 4) is 5.75 Å². The molecule has 1 rings (SSSR count). The number of aliphatic hydroxyl groups is 1. The summed E-state index contributed by atoms with van der Waals surface area (Å²) in [6.45, 7) is 5.08. The Morgan fingerprint density at radius 1 is 1.40 bits per heavy atom. The Morgan fingerprint density at radius 3 is 2.70 bits per heavy atom. The van der Waals surface area contributed by atoms with Crippen molar-refractivity contribution in [2.45, 2.75) is 30.8 Å². The Balaban J connectivity index is 2.61. The maximum Gasteiger partial charge on any atom is 0.175 e. The molecule has 0 aliphatic rings. The fraction of sp³-hybridized carbons (Fsp3) is 0.571. The van der Waals surface area contributed by atoms with Gasteiger partial charge in [0.2, 0.25) is 0 Å². The van der Waals surface area contributed by atoms with E-state index in [9.17, 15) is 13.5 Å². The molecule has 6 heteroatoms. The summed E-state index contributed by atoms with van der Waals surface area (Å²) in [5.41, 5.74) is -1.00. The number of rotatable bonds is 8. The first kappa shape index (κ1) is 16.9. The molecular formula is C14H23NO4S. The molecule has 5 nitrogen and oxygen atoms in total. The molecule has 1 aromatic rings. The van der Waals surface area contributed by atoms with Gasteiger partial charge in [0.25, 0.3) is 0 Å². The lowest BCUT2D eigenvalue weighted by molar-refractivity contribution is 0.0124. The minimum absolute atomic E-state index is 0.0942. The summed E-state index contributed by atoms with van der Waals surface area (Å²) < 4.78 is 28.4. The lowest BCUT2D eigenvalue weighted by Crippen LogP contribution is -2.43. The third-order valence-corrected chi connectivity index (χ3v) is 3.83. The van der Waals surface area contributed by atoms with Gasteiger partial charge in [0.05, 0.1) is 4.90 Å². The van der Waals surface area contributed by atoms with Crippen LogP contribution in [0, 0.1) is 0 Å². The first-order valence-corrected chi connectivity index (χ1v) is 8.50. The predicted molar refractivity (Wildman–Crippen MR) is 78.8 cm³/mol. The summed E-state index contributed by atoms with van der Waals surface area (Å²) in [6.07, 6.45) is 2.14. The molecular weight excluding hydrogens is 278 g/mol. The van der Waals surface area contributed by atoms with Crippen molar-refractivity contribution in [3.63, 3.8) is 0 Å². The molecule has 0 radical (unpaired) electrons. The first-order chi connectivity index (χ1) is 9.24. The molecule has 0 heterocycles. The first-order valence-electron chi connectivity index (χ1n) is 6.60. The van der Waals surface area contributed by atoms with Gasteiger partial charge in [-0.05, 0) is 38.1 Å². The third-order valence-electron chi connectivity index (χ3n) is 2.72. The zero-order chi connectivity index (χ0) is 15.2. The Bertz CT molecular complexity index is 526. The highest BCUT2D eigenvalue weighted by atomic mass is 32.2. The molecule has 0 aliphatic heterocycles. The van der Waals surface area contributed by atoms with Crippen LogP contribution in [0.15, 0.2) is 29.2 Å². The number of hydrogen-bond donors (Lipinski definition) is 2. The molecule has 0 saturated heterocycles. The minimum Gasteiger partial charge on any atom is -0.491 e. The van der Waals surface area contributed by atoms with E-state index in [0.29, 0.717) is 12.3 Å². The molecule has 0 saturated carbocycles. The molecule has 0 amide bonds. The van der Waals surface area contributed by atoms with E-state index in [1.54, 1.807) is 19.1 Å². The van der Waals surface area contributed by atoms with Gasteiger partial charge in [-0.2, -0.15) is 0 Å². The number of hydrogen-bond acceptors (Lipinski definition) is 5. The van der Waals surface area contributed by atoms with Crippen LogP contribution in [0.2, 0.25) is 0 Å². The van der Waals surface area contributed by atoms with Crippen LogP contribution in [-0.2, 0) is 9.84 Å². The molecule has 20 heavy (non-hydrogen) atoms. The zero-order valence-electron chi connectivity index (χ0n) is 12.2. The summed E-state index contributed by atoms with van der Waals surface area (Å²) in [4.78, 5) is 0.207. The maximum absolute atomic E-state index is 11.4. The SMILES string of the molecule is CCCNCC(C)(O)COc1cccc(S(C)(=O)=O)c1. The summed E-state index contributed by atoms with van der Waals surface area (Å²) >= 11 is 0. The van der Waals surface area contributed by atoms with Gasteiger partial charge < -0.3 is 15.2 Å². The van der Waals surface area contributed by atoms with E-state index in [4.69, 9.17) is 4.74 Å². The van der Waals surface area contributed by atoms with Gasteiger partial charge in [-0.15, -0.1) is 0 Å². The molecule has 1 atom stereocenters. The standard InChI is InChI=1S/C14H23NO4S/c1-4-8-15-10-14(2,16)11-19-12-6-5-7-13(9-12)20(3,17)18/h5-7,9,15-16H,4,8,10-11H2,1-3H3. The molecule has 0 bridgehead atoms. The van der Waals surface area contributed by atoms with Crippen molar-refractivity contribution in [3.05, 3.63) is 24.3 Å². The van der Waals surface area contributed by atoms with Crippen molar-refractivity contribution >= 4 is 9.84 Å². The van der Waals surface area contributed by atoms with E-state index in [0.717, 1.165) is 19.2 Å². The van der Waals surface area contributed by atoms with E-state index in [-0.39, 0.29) is 11.5 Å². The summed E-state index contributed by atoms with van der Waals surface area (Å²) in [5.74, 6) is 0.434. The summed E-state index contributed by atoms with van der Waals surface area (Å²) in [5, 5.41) is 13.2. The minimum atomic E-state index is -3.25. The molecule has 114 valence electrons. The Hall–Kier alpha value is -1.11. The molecule has 1 unspecified atom stereocenters. The van der Waals surface area contributed by atoms with Crippen molar-refractivity contribution in [1.82, 2.24) is 5.32 Å². The van der Waals surface area contributed by atoms with Gasteiger partial charge in [0.1, 0.15) is 18.0 Å². The quantitative estimate of drug-likeness (QED) is 0.706. The Morgan fingerprint density at radius 2 is 2.10 bits per heavy atom. The molecule has 0 aromatic heterocycles. The smallest absolute Gasteiger partial charge is 0.175 e. The van der Waals surface area contributed by atoms with Crippen molar-refractivity contribution in [2.75, 3.05) is 26.0 Å². The summed E-state index contributed by atoms with van der Waals surface area (Å²) in [7, 11) is -3.25. The van der Waals surface area contributed by atoms with Crippen LogP contribution in [0.25, 0.3) is 0 Å². The highest BCUT2D eigenvalue weighted by Gasteiger charge is 2.21. The van der Waals surface area contributed by atoms with Gasteiger partial charge in [0.15, 0.2) is 9.84 Å². The average molecular weight is 301 g/mol. The molecule has 0 aliphatic carbocycles. The molecule has 1 aromatic carbocycles. The van der Waals surface area contributed by atoms with E-state index in [1.165, 1.54) is 12.1 Å². The van der Waals surface area contributed by atoms with Gasteiger partial charge in [-0.3, -0.25) is 0 Å². The average Bonchev–Trinajstić information content (AvgIpc) is 2.36. The lowest BCUT2D eigenvalue weighted by Gasteiger charge is -2.24. The number of benzene rings is 1. The third kappa shape index (κ3) is 5.90. The van der Waals surface area contributed by atoms with E-state index >= 15 is 0 Å². The molecule has 0 spiro atoms. The monoisotopic (exact) mass is 301 g/mol. The fourth-order valence-electron chi connectivity index (χ4n) is 1.62. The van der Waals surface area contributed by atoms with E-state index in [1.807, 2.05) is 0 Å². The molecule has 2 N–H and O–H groups in total. The van der Waals surface area contributed by atoms with Gasteiger partial charge >= 0.3 is 0 Å². The lowest BCUT2D eigenvalue weighted by atomic mass is 10.1. The maximum atomic E-state index is 11.4. The number of sulfone groups is 1. The van der Waals surface area contributed by atoms with Gasteiger partial charge in [-0.25, -0.2) is 8.42 Å². The largest absolute Gasteiger partial charge is 0.491 e. The second-order valence-electron chi connectivity index (χ2n) is 5.21. The normalized spacial score (nSPS) is 14.8. The van der Waals surface area contributed by atoms with E-state index < -0.39 is 15.4 Å². The van der Waals surface area contributed by atoms with Crippen molar-refractivity contribution < 1.29 is 18.3 Å². The highest BCUT2D eigenvalue weighted by Crippen LogP contribution is 2.18. The second kappa shape index (κ2) is 7.06. The van der Waals surface area contributed by atoms with Gasteiger partial charge in [0, 0.05) is 12.8 Å². The van der Waals surface area contributed by atoms with Crippen LogP contribution in [0.1, 0.15) is 20.3 Å². The van der Waals surface area contributed by atoms with Crippen LogP contribution >= 0.6 is 0 Å². The van der Waals surface area contributed by atoms with Crippen LogP contribution in [0.3, 0.4) is 0 Å². The van der Waals surface area contributed by atoms with Crippen LogP contribution in [0.5, 0.6) is 5.75 Å². The topological polar surface area (TPSA) is 75.6 Å². The molecule has 0 fully saturated rings. The number of ether oxygens (including phenoxy) is 1. The van der Waals surface area contributed by atoms with E-state index in [2.05, 4.69) is 12.2 Å². The summed E-state index contributed by atoms with van der Waals surface area (Å²) in [6, 6.07) is 6.27. The zero-order valence-corrected chi connectivity index (χ0v) is 13.0. The Labute approximate surface area is 120 Å². The van der Waals surface area contributed by atoms with Gasteiger partial charge in [-0.1, -0.05) is 13.0 Å².